The molecule has 0 saturated heterocycles. The Bertz CT molecular complexity index is 977. The van der Waals surface area contributed by atoms with E-state index in [1.807, 2.05) is 18.2 Å². The molecule has 0 fully saturated rings. The van der Waals surface area contributed by atoms with Gasteiger partial charge in [-0.05, 0) is 29.0 Å². The van der Waals surface area contributed by atoms with Crippen LogP contribution in [0.15, 0.2) is 89.4 Å². The van der Waals surface area contributed by atoms with Gasteiger partial charge in [0.15, 0.2) is 0 Å². The van der Waals surface area contributed by atoms with Crippen LogP contribution in [0.1, 0.15) is 0 Å². The second-order valence-electron chi connectivity index (χ2n) is 5.48. The summed E-state index contributed by atoms with van der Waals surface area (Å²) in [6, 6.07) is 29.2. The van der Waals surface area contributed by atoms with Gasteiger partial charge in [0.2, 0.25) is 0 Å². The fourth-order valence-electron chi connectivity index (χ4n) is 2.75. The van der Waals surface area contributed by atoms with Gasteiger partial charge in [0.1, 0.15) is 0 Å². The van der Waals surface area contributed by atoms with Crippen LogP contribution >= 0.6 is 15.9 Å². The van der Waals surface area contributed by atoms with E-state index >= 15 is 0 Å². The lowest BCUT2D eigenvalue weighted by Crippen LogP contribution is -1.89. The zero-order valence-corrected chi connectivity index (χ0v) is 14.0. The predicted molar refractivity (Wildman–Crippen MR) is 100 cm³/mol. The van der Waals surface area contributed by atoms with Crippen molar-refractivity contribution in [1.29, 1.82) is 0 Å². The normalized spacial score (nSPS) is 10.8. The van der Waals surface area contributed by atoms with Crippen molar-refractivity contribution in [2.45, 2.75) is 0 Å². The van der Waals surface area contributed by atoms with Crippen LogP contribution in [0.3, 0.4) is 0 Å². The summed E-state index contributed by atoms with van der Waals surface area (Å²) in [6.45, 7) is 0. The highest BCUT2D eigenvalue weighted by Gasteiger charge is 2.06. The van der Waals surface area contributed by atoms with Gasteiger partial charge >= 0.3 is 0 Å². The van der Waals surface area contributed by atoms with Crippen LogP contribution in [0, 0.1) is 0 Å². The molecule has 0 aliphatic carbocycles. The quantitative estimate of drug-likeness (QED) is 0.407. The fraction of sp³-hybridized carbons (Fsp3) is 0. The third-order valence-electron chi connectivity index (χ3n) is 3.90. The third-order valence-corrected chi connectivity index (χ3v) is 4.36. The molecule has 1 aromatic heterocycles. The van der Waals surface area contributed by atoms with Gasteiger partial charge in [0.05, 0.1) is 11.4 Å². The number of hydrogen-bond donors (Lipinski definition) is 0. The Labute approximate surface area is 143 Å². The largest absolute Gasteiger partial charge is 0.248 e. The van der Waals surface area contributed by atoms with Gasteiger partial charge in [-0.25, -0.2) is 4.98 Å². The lowest BCUT2D eigenvalue weighted by molar-refractivity contribution is 1.31. The van der Waals surface area contributed by atoms with Crippen LogP contribution in [0.25, 0.3) is 33.3 Å². The van der Waals surface area contributed by atoms with Crippen molar-refractivity contribution in [2.75, 3.05) is 0 Å². The van der Waals surface area contributed by atoms with Gasteiger partial charge in [0.25, 0.3) is 0 Å². The Morgan fingerprint density at radius 3 is 2.00 bits per heavy atom. The van der Waals surface area contributed by atoms with E-state index < -0.39 is 0 Å². The molecule has 0 unspecified atom stereocenters. The summed E-state index contributed by atoms with van der Waals surface area (Å²) >= 11 is 3.62. The summed E-state index contributed by atoms with van der Waals surface area (Å²) in [4.78, 5) is 4.85. The molecule has 1 nitrogen and oxygen atoms in total. The summed E-state index contributed by atoms with van der Waals surface area (Å²) < 4.78 is 1.04. The van der Waals surface area contributed by atoms with Crippen molar-refractivity contribution >= 4 is 26.7 Å². The zero-order chi connectivity index (χ0) is 15.6. The van der Waals surface area contributed by atoms with Crippen molar-refractivity contribution in [3.63, 3.8) is 0 Å². The van der Waals surface area contributed by atoms with Crippen molar-refractivity contribution in [3.05, 3.63) is 89.4 Å². The second-order valence-corrected chi connectivity index (χ2v) is 6.40. The number of benzene rings is 3. The van der Waals surface area contributed by atoms with Crippen LogP contribution in [0.2, 0.25) is 0 Å². The minimum Gasteiger partial charge on any atom is -0.248 e. The molecule has 0 N–H and O–H groups in total. The average Bonchev–Trinajstić information content (AvgIpc) is 2.61. The molecule has 0 saturated carbocycles. The monoisotopic (exact) mass is 359 g/mol. The molecule has 23 heavy (non-hydrogen) atoms. The summed E-state index contributed by atoms with van der Waals surface area (Å²) in [5.74, 6) is 0. The summed E-state index contributed by atoms with van der Waals surface area (Å²) in [5, 5.41) is 2.47. The highest BCUT2D eigenvalue weighted by molar-refractivity contribution is 9.10. The fourth-order valence-corrected chi connectivity index (χ4v) is 3.18. The molecule has 0 radical (unpaired) electrons. The predicted octanol–water partition coefficient (Wildman–Crippen LogP) is 6.33. The van der Waals surface area contributed by atoms with Crippen molar-refractivity contribution in [1.82, 2.24) is 4.98 Å². The highest BCUT2D eigenvalue weighted by atomic mass is 79.9. The first kappa shape index (κ1) is 14.2. The number of fused-ring (bicyclic) bond motifs is 1. The van der Waals surface area contributed by atoms with Crippen LogP contribution in [0.4, 0.5) is 0 Å². The number of hydrogen-bond acceptors (Lipinski definition) is 1. The van der Waals surface area contributed by atoms with Crippen molar-refractivity contribution in [3.8, 4) is 22.5 Å². The first-order chi connectivity index (χ1) is 11.3. The molecule has 0 amide bonds. The van der Waals surface area contributed by atoms with E-state index in [9.17, 15) is 0 Å². The van der Waals surface area contributed by atoms with Crippen LogP contribution in [-0.4, -0.2) is 4.98 Å². The SMILES string of the molecule is Brc1cc(-c2ccccc2)nc(-c2ccc3ccccc3c2)c1. The van der Waals surface area contributed by atoms with E-state index in [1.54, 1.807) is 0 Å². The highest BCUT2D eigenvalue weighted by Crippen LogP contribution is 2.29. The number of rotatable bonds is 2. The maximum absolute atomic E-state index is 4.85. The maximum atomic E-state index is 4.85. The maximum Gasteiger partial charge on any atom is 0.0720 e. The Morgan fingerprint density at radius 1 is 0.565 bits per heavy atom. The molecule has 1 heterocycles. The van der Waals surface area contributed by atoms with E-state index in [1.165, 1.54) is 10.8 Å². The number of halogens is 1. The van der Waals surface area contributed by atoms with E-state index in [2.05, 4.69) is 82.7 Å². The minimum atomic E-state index is 0.975. The summed E-state index contributed by atoms with van der Waals surface area (Å²) in [6.07, 6.45) is 0. The lowest BCUT2D eigenvalue weighted by Gasteiger charge is -2.08. The molecule has 3 aromatic carbocycles. The molecule has 0 atom stereocenters. The first-order valence-electron chi connectivity index (χ1n) is 7.52. The smallest absolute Gasteiger partial charge is 0.0720 e. The van der Waals surface area contributed by atoms with Crippen LogP contribution < -0.4 is 0 Å². The van der Waals surface area contributed by atoms with Crippen LogP contribution in [0.5, 0.6) is 0 Å². The average molecular weight is 360 g/mol. The summed E-state index contributed by atoms with van der Waals surface area (Å²) in [7, 11) is 0. The Morgan fingerprint density at radius 2 is 1.22 bits per heavy atom. The molecule has 0 bridgehead atoms. The number of nitrogens with zero attached hydrogens (tertiary/aromatic N) is 1. The Balaban J connectivity index is 1.86. The second kappa shape index (κ2) is 5.98. The van der Waals surface area contributed by atoms with Gasteiger partial charge < -0.3 is 0 Å². The van der Waals surface area contributed by atoms with E-state index in [-0.39, 0.29) is 0 Å². The Kier molecular flexibility index (Phi) is 3.68. The van der Waals surface area contributed by atoms with Gasteiger partial charge in [-0.1, -0.05) is 82.7 Å². The van der Waals surface area contributed by atoms with Gasteiger partial charge in [-0.15, -0.1) is 0 Å². The molecular weight excluding hydrogens is 346 g/mol. The minimum absolute atomic E-state index is 0.975. The topological polar surface area (TPSA) is 12.9 Å². The van der Waals surface area contributed by atoms with Crippen molar-refractivity contribution < 1.29 is 0 Å². The standard InChI is InChI=1S/C21H14BrN/c22-19-13-20(16-7-2-1-3-8-16)23-21(14-19)18-11-10-15-6-4-5-9-17(15)12-18/h1-14H. The van der Waals surface area contributed by atoms with Gasteiger partial charge in [0, 0.05) is 15.6 Å². The lowest BCUT2D eigenvalue weighted by atomic mass is 10.0. The Hall–Kier alpha value is -2.45. The molecule has 4 aromatic rings. The first-order valence-corrected chi connectivity index (χ1v) is 8.31. The zero-order valence-electron chi connectivity index (χ0n) is 12.4. The molecular formula is C21H14BrN. The molecule has 4 rings (SSSR count). The molecule has 0 aliphatic heterocycles. The van der Waals surface area contributed by atoms with Gasteiger partial charge in [-0.3, -0.25) is 0 Å². The van der Waals surface area contributed by atoms with E-state index in [0.29, 0.717) is 0 Å². The molecule has 0 spiro atoms. The molecule has 0 aliphatic rings. The molecule has 110 valence electrons. The number of pyridine rings is 1. The van der Waals surface area contributed by atoms with E-state index in [4.69, 9.17) is 4.98 Å². The summed E-state index contributed by atoms with van der Waals surface area (Å²) in [5.41, 5.74) is 4.20. The molecule has 2 heteroatoms. The number of aromatic nitrogens is 1. The van der Waals surface area contributed by atoms with E-state index in [0.717, 1.165) is 27.0 Å². The third kappa shape index (κ3) is 2.90. The van der Waals surface area contributed by atoms with Gasteiger partial charge in [-0.2, -0.15) is 0 Å². The van der Waals surface area contributed by atoms with Crippen molar-refractivity contribution in [2.24, 2.45) is 0 Å². The van der Waals surface area contributed by atoms with Crippen LogP contribution in [-0.2, 0) is 0 Å².